The number of phenols is 1. The normalized spacial score (nSPS) is 16.3. The second-order valence-electron chi connectivity index (χ2n) is 4.40. The molecule has 0 atom stereocenters. The molecule has 1 heterocycles. The van der Waals surface area contributed by atoms with Crippen molar-refractivity contribution in [2.24, 2.45) is 0 Å². The summed E-state index contributed by atoms with van der Waals surface area (Å²) in [5.74, 6) is -1.49. The van der Waals surface area contributed by atoms with Gasteiger partial charge in [0.2, 0.25) is 0 Å². The van der Waals surface area contributed by atoms with Crippen molar-refractivity contribution in [1.29, 1.82) is 0 Å². The Morgan fingerprint density at radius 2 is 2.17 bits per heavy atom. The van der Waals surface area contributed by atoms with Crippen molar-refractivity contribution >= 4 is 62.5 Å². The minimum absolute atomic E-state index is 0.0868. The number of halogens is 2. The smallest absolute Gasteiger partial charge is 0.326 e. The summed E-state index contributed by atoms with van der Waals surface area (Å²) in [5.41, 5.74) is 0.283. The molecular weight excluding hydrogens is 410 g/mol. The third-order valence-corrected chi connectivity index (χ3v) is 4.46. The maximum atomic E-state index is 12.2. The Labute approximate surface area is 149 Å². The number of carbonyl (C=O) groups is 3. The average Bonchev–Trinajstić information content (AvgIpc) is 2.72. The fraction of sp³-hybridized carbons (Fsp3) is 0.214. The summed E-state index contributed by atoms with van der Waals surface area (Å²) >= 11 is 9.77. The second-order valence-corrected chi connectivity index (χ2v) is 6.71. The molecule has 2 rings (SSSR count). The van der Waals surface area contributed by atoms with Gasteiger partial charge in [-0.25, -0.2) is 0 Å². The first kappa shape index (κ1) is 17.8. The zero-order valence-electron chi connectivity index (χ0n) is 11.8. The third kappa shape index (κ3) is 4.07. The van der Waals surface area contributed by atoms with E-state index < -0.39 is 23.7 Å². The average molecular weight is 421 g/mol. The number of imide groups is 1. The van der Waals surface area contributed by atoms with E-state index in [0.717, 1.165) is 4.90 Å². The summed E-state index contributed by atoms with van der Waals surface area (Å²) in [6.45, 7) is 1.35. The predicted octanol–water partition coefficient (Wildman–Crippen LogP) is 3.41. The largest absolute Gasteiger partial charge is 0.506 e. The van der Waals surface area contributed by atoms with E-state index in [1.54, 1.807) is 13.0 Å². The van der Waals surface area contributed by atoms with Crippen LogP contribution in [0.1, 0.15) is 12.5 Å². The highest BCUT2D eigenvalue weighted by atomic mass is 79.9. The van der Waals surface area contributed by atoms with Gasteiger partial charge < -0.3 is 9.84 Å². The van der Waals surface area contributed by atoms with E-state index in [-0.39, 0.29) is 27.8 Å². The first-order chi connectivity index (χ1) is 10.8. The first-order valence-electron chi connectivity index (χ1n) is 6.42. The van der Waals surface area contributed by atoms with Gasteiger partial charge in [0, 0.05) is 10.0 Å². The van der Waals surface area contributed by atoms with Crippen LogP contribution in [0.15, 0.2) is 21.5 Å². The van der Waals surface area contributed by atoms with Crippen molar-refractivity contribution in [2.45, 2.75) is 6.92 Å². The maximum absolute atomic E-state index is 12.2. The Morgan fingerprint density at radius 3 is 2.83 bits per heavy atom. The summed E-state index contributed by atoms with van der Waals surface area (Å²) < 4.78 is 5.34. The molecule has 1 aromatic rings. The second kappa shape index (κ2) is 7.37. The number of aromatic hydroxyl groups is 1. The van der Waals surface area contributed by atoms with E-state index in [1.807, 2.05) is 0 Å². The van der Waals surface area contributed by atoms with Crippen LogP contribution in [-0.4, -0.2) is 40.3 Å². The topological polar surface area (TPSA) is 83.9 Å². The monoisotopic (exact) mass is 419 g/mol. The third-order valence-electron chi connectivity index (χ3n) is 2.81. The van der Waals surface area contributed by atoms with Crippen molar-refractivity contribution in [3.63, 3.8) is 0 Å². The van der Waals surface area contributed by atoms with Gasteiger partial charge >= 0.3 is 5.97 Å². The summed E-state index contributed by atoms with van der Waals surface area (Å²) in [6.07, 6.45) is 1.35. The van der Waals surface area contributed by atoms with E-state index in [9.17, 15) is 19.5 Å². The van der Waals surface area contributed by atoms with Crippen LogP contribution in [0.2, 0.25) is 5.02 Å². The number of thioether (sulfide) groups is 1. The van der Waals surface area contributed by atoms with Crippen LogP contribution < -0.4 is 0 Å². The number of esters is 1. The van der Waals surface area contributed by atoms with Gasteiger partial charge in [-0.05, 0) is 36.9 Å². The number of ether oxygens (including phenoxy) is 1. The number of benzene rings is 1. The lowest BCUT2D eigenvalue weighted by Gasteiger charge is -2.10. The van der Waals surface area contributed by atoms with Gasteiger partial charge in [0.25, 0.3) is 11.1 Å². The fourth-order valence-corrected chi connectivity index (χ4v) is 3.47. The molecule has 1 saturated heterocycles. The first-order valence-corrected chi connectivity index (χ1v) is 8.41. The van der Waals surface area contributed by atoms with Gasteiger partial charge in [-0.2, -0.15) is 0 Å². The van der Waals surface area contributed by atoms with Gasteiger partial charge in [0.05, 0.1) is 16.5 Å². The summed E-state index contributed by atoms with van der Waals surface area (Å²) in [4.78, 5) is 36.4. The van der Waals surface area contributed by atoms with Crippen LogP contribution in [-0.2, 0) is 14.3 Å². The van der Waals surface area contributed by atoms with E-state index in [1.165, 1.54) is 12.1 Å². The molecule has 1 fully saturated rings. The minimum Gasteiger partial charge on any atom is -0.506 e. The van der Waals surface area contributed by atoms with E-state index in [2.05, 4.69) is 15.9 Å². The number of hydrogen-bond donors (Lipinski definition) is 1. The number of amides is 2. The van der Waals surface area contributed by atoms with Gasteiger partial charge in [-0.3, -0.25) is 19.3 Å². The molecule has 2 amide bonds. The Hall–Kier alpha value is -1.51. The Kier molecular flexibility index (Phi) is 5.72. The number of rotatable bonds is 4. The molecule has 0 bridgehead atoms. The summed E-state index contributed by atoms with van der Waals surface area (Å²) in [6, 6.07) is 3.06. The summed E-state index contributed by atoms with van der Waals surface area (Å²) in [7, 11) is 0. The van der Waals surface area contributed by atoms with Crippen molar-refractivity contribution < 1.29 is 24.2 Å². The van der Waals surface area contributed by atoms with Crippen molar-refractivity contribution in [3.05, 3.63) is 32.1 Å². The maximum Gasteiger partial charge on any atom is 0.326 e. The quantitative estimate of drug-likeness (QED) is 0.594. The van der Waals surface area contributed by atoms with Crippen molar-refractivity contribution in [3.8, 4) is 5.75 Å². The Morgan fingerprint density at radius 1 is 1.48 bits per heavy atom. The molecule has 1 aliphatic rings. The molecule has 0 saturated carbocycles. The van der Waals surface area contributed by atoms with E-state index in [4.69, 9.17) is 16.3 Å². The Bertz CT molecular complexity index is 721. The molecule has 1 aromatic carbocycles. The number of phenolic OH excluding ortho intramolecular Hbond substituents is 1. The molecule has 1 aliphatic heterocycles. The van der Waals surface area contributed by atoms with Crippen LogP contribution in [0.3, 0.4) is 0 Å². The lowest BCUT2D eigenvalue weighted by molar-refractivity contribution is -0.145. The Balaban J connectivity index is 2.27. The van der Waals surface area contributed by atoms with Crippen molar-refractivity contribution in [2.75, 3.05) is 13.2 Å². The number of carbonyl (C=O) groups excluding carboxylic acids is 3. The molecule has 0 unspecified atom stereocenters. The predicted molar refractivity (Wildman–Crippen MR) is 90.1 cm³/mol. The van der Waals surface area contributed by atoms with Crippen molar-refractivity contribution in [1.82, 2.24) is 4.90 Å². The molecular formula is C14H11BrClNO5S. The zero-order valence-corrected chi connectivity index (χ0v) is 15.0. The molecule has 0 spiro atoms. The molecule has 1 N–H and O–H groups in total. The molecule has 9 heteroatoms. The van der Waals surface area contributed by atoms with Crippen LogP contribution in [0, 0.1) is 0 Å². The molecule has 0 aliphatic carbocycles. The van der Waals surface area contributed by atoms with Gasteiger partial charge in [-0.1, -0.05) is 27.5 Å². The highest BCUT2D eigenvalue weighted by Gasteiger charge is 2.36. The highest BCUT2D eigenvalue weighted by molar-refractivity contribution is 9.10. The molecule has 122 valence electrons. The summed E-state index contributed by atoms with van der Waals surface area (Å²) in [5, 5.41) is 9.46. The van der Waals surface area contributed by atoms with Gasteiger partial charge in [0.15, 0.2) is 0 Å². The van der Waals surface area contributed by atoms with Crippen LogP contribution in [0.4, 0.5) is 4.79 Å². The van der Waals surface area contributed by atoms with Crippen LogP contribution in [0.5, 0.6) is 5.75 Å². The minimum atomic E-state index is -0.663. The standard InChI is InChI=1S/C14H11BrClNO5S/c1-2-22-11(18)6-17-13(20)10(23-14(17)21)4-7-3-8(15)5-9(16)12(7)19/h3-5,19H,2,6H2,1H3/b10-4-. The molecule has 0 aromatic heterocycles. The molecule has 6 nitrogen and oxygen atoms in total. The lowest BCUT2D eigenvalue weighted by Crippen LogP contribution is -2.34. The lowest BCUT2D eigenvalue weighted by atomic mass is 10.2. The molecule has 0 radical (unpaired) electrons. The van der Waals surface area contributed by atoms with Gasteiger partial charge in [-0.15, -0.1) is 0 Å². The number of nitrogens with zero attached hydrogens (tertiary/aromatic N) is 1. The van der Waals surface area contributed by atoms with Gasteiger partial charge in [0.1, 0.15) is 12.3 Å². The van der Waals surface area contributed by atoms with Crippen LogP contribution >= 0.6 is 39.3 Å². The molecule has 23 heavy (non-hydrogen) atoms. The number of hydrogen-bond acceptors (Lipinski definition) is 6. The van der Waals surface area contributed by atoms with Crippen LogP contribution in [0.25, 0.3) is 6.08 Å². The highest BCUT2D eigenvalue weighted by Crippen LogP contribution is 2.37. The fourth-order valence-electron chi connectivity index (χ4n) is 1.81. The van der Waals surface area contributed by atoms with E-state index >= 15 is 0 Å². The SMILES string of the molecule is CCOC(=O)CN1C(=O)S/C(=C\c2cc(Br)cc(Cl)c2O)C1=O. The van der Waals surface area contributed by atoms with E-state index in [0.29, 0.717) is 16.2 Å². The zero-order chi connectivity index (χ0) is 17.1.